The van der Waals surface area contributed by atoms with Crippen LogP contribution < -0.4 is 0 Å². The van der Waals surface area contributed by atoms with E-state index in [0.29, 0.717) is 12.5 Å². The second-order valence-corrected chi connectivity index (χ2v) is 7.35. The molecule has 25 heavy (non-hydrogen) atoms. The standard InChI is InChI=1S/C20H24N4O/c1-14-2-4-16(5-3-14)20(25)24-11-8-18-17(12-24)19(23-13-22-18)15-6-9-21-10-7-15/h6-7,9-10,13-14,16H,2-5,8,11-12H2,1H3. The maximum atomic E-state index is 13.0. The van der Waals surface area contributed by atoms with E-state index in [1.54, 1.807) is 18.7 Å². The van der Waals surface area contributed by atoms with Crippen LogP contribution in [0.1, 0.15) is 43.9 Å². The molecule has 2 aromatic heterocycles. The van der Waals surface area contributed by atoms with Crippen LogP contribution in [0.2, 0.25) is 0 Å². The number of hydrogen-bond donors (Lipinski definition) is 0. The molecule has 0 radical (unpaired) electrons. The summed E-state index contributed by atoms with van der Waals surface area (Å²) < 4.78 is 0. The summed E-state index contributed by atoms with van der Waals surface area (Å²) >= 11 is 0. The first-order valence-electron chi connectivity index (χ1n) is 9.24. The average Bonchev–Trinajstić information content (AvgIpc) is 2.68. The number of fused-ring (bicyclic) bond motifs is 1. The second kappa shape index (κ2) is 6.90. The molecule has 1 amide bonds. The van der Waals surface area contributed by atoms with Gasteiger partial charge in [0.05, 0.1) is 11.4 Å². The first-order valence-corrected chi connectivity index (χ1v) is 9.24. The Morgan fingerprint density at radius 1 is 1.12 bits per heavy atom. The Morgan fingerprint density at radius 3 is 2.64 bits per heavy atom. The van der Waals surface area contributed by atoms with E-state index in [2.05, 4.69) is 21.9 Å². The Morgan fingerprint density at radius 2 is 1.88 bits per heavy atom. The first-order chi connectivity index (χ1) is 12.2. The number of hydrogen-bond acceptors (Lipinski definition) is 4. The highest BCUT2D eigenvalue weighted by molar-refractivity contribution is 5.79. The Bertz CT molecular complexity index is 754. The van der Waals surface area contributed by atoms with Gasteiger partial charge in [0, 0.05) is 48.9 Å². The Balaban J connectivity index is 1.57. The lowest BCUT2D eigenvalue weighted by atomic mass is 9.82. The van der Waals surface area contributed by atoms with Crippen LogP contribution in [-0.2, 0) is 17.8 Å². The predicted molar refractivity (Wildman–Crippen MR) is 95.5 cm³/mol. The number of amides is 1. The number of aromatic nitrogens is 3. The number of rotatable bonds is 2. The molecule has 1 fully saturated rings. The van der Waals surface area contributed by atoms with Gasteiger partial charge in [-0.2, -0.15) is 0 Å². The van der Waals surface area contributed by atoms with Gasteiger partial charge in [-0.25, -0.2) is 9.97 Å². The molecule has 2 aliphatic rings. The lowest BCUT2D eigenvalue weighted by Crippen LogP contribution is -2.41. The van der Waals surface area contributed by atoms with Crippen molar-refractivity contribution in [3.63, 3.8) is 0 Å². The summed E-state index contributed by atoms with van der Waals surface area (Å²) in [6.45, 7) is 3.68. The molecule has 130 valence electrons. The van der Waals surface area contributed by atoms with Crippen molar-refractivity contribution in [2.45, 2.75) is 45.6 Å². The smallest absolute Gasteiger partial charge is 0.225 e. The third-order valence-electron chi connectivity index (χ3n) is 5.63. The number of carbonyl (C=O) groups excluding carboxylic acids is 1. The molecular formula is C20H24N4O. The minimum Gasteiger partial charge on any atom is -0.338 e. The van der Waals surface area contributed by atoms with Crippen molar-refractivity contribution in [1.82, 2.24) is 19.9 Å². The van der Waals surface area contributed by atoms with Gasteiger partial charge in [0.25, 0.3) is 0 Å². The molecule has 5 nitrogen and oxygen atoms in total. The third-order valence-corrected chi connectivity index (χ3v) is 5.63. The van der Waals surface area contributed by atoms with Gasteiger partial charge in [-0.15, -0.1) is 0 Å². The van der Waals surface area contributed by atoms with Crippen LogP contribution in [-0.4, -0.2) is 32.3 Å². The summed E-state index contributed by atoms with van der Waals surface area (Å²) in [6, 6.07) is 3.93. The van der Waals surface area contributed by atoms with Crippen molar-refractivity contribution in [2.75, 3.05) is 6.54 Å². The van der Waals surface area contributed by atoms with Crippen LogP contribution in [0.5, 0.6) is 0 Å². The van der Waals surface area contributed by atoms with Gasteiger partial charge in [0.1, 0.15) is 6.33 Å². The van der Waals surface area contributed by atoms with E-state index in [0.717, 1.165) is 54.2 Å². The number of nitrogens with zero attached hydrogens (tertiary/aromatic N) is 4. The quantitative estimate of drug-likeness (QED) is 0.845. The van der Waals surface area contributed by atoms with Gasteiger partial charge < -0.3 is 4.90 Å². The highest BCUT2D eigenvalue weighted by atomic mass is 16.2. The van der Waals surface area contributed by atoms with Crippen LogP contribution in [0.4, 0.5) is 0 Å². The zero-order chi connectivity index (χ0) is 17.2. The molecule has 5 heteroatoms. The summed E-state index contributed by atoms with van der Waals surface area (Å²) in [5.74, 6) is 1.28. The van der Waals surface area contributed by atoms with Crippen LogP contribution >= 0.6 is 0 Å². The molecule has 0 unspecified atom stereocenters. The zero-order valence-corrected chi connectivity index (χ0v) is 14.7. The van der Waals surface area contributed by atoms with E-state index in [1.165, 1.54) is 12.8 Å². The third kappa shape index (κ3) is 3.28. The van der Waals surface area contributed by atoms with Crippen molar-refractivity contribution in [3.8, 4) is 11.3 Å². The molecule has 1 aliphatic carbocycles. The van der Waals surface area contributed by atoms with E-state index >= 15 is 0 Å². The topological polar surface area (TPSA) is 59.0 Å². The molecule has 2 aromatic rings. The van der Waals surface area contributed by atoms with E-state index in [9.17, 15) is 4.79 Å². The predicted octanol–water partition coefficient (Wildman–Crippen LogP) is 3.25. The maximum Gasteiger partial charge on any atom is 0.225 e. The molecular weight excluding hydrogens is 312 g/mol. The Kier molecular flexibility index (Phi) is 4.47. The van der Waals surface area contributed by atoms with E-state index in [-0.39, 0.29) is 5.92 Å². The molecule has 0 spiro atoms. The first kappa shape index (κ1) is 16.2. The minimum absolute atomic E-state index is 0.201. The molecule has 0 saturated heterocycles. The fourth-order valence-electron chi connectivity index (χ4n) is 4.05. The normalized spacial score (nSPS) is 23.2. The summed E-state index contributed by atoms with van der Waals surface area (Å²) in [4.78, 5) is 28.1. The Hall–Kier alpha value is -2.30. The Labute approximate surface area is 148 Å². The van der Waals surface area contributed by atoms with Gasteiger partial charge in [-0.05, 0) is 43.7 Å². The van der Waals surface area contributed by atoms with Crippen molar-refractivity contribution in [2.24, 2.45) is 11.8 Å². The molecule has 0 N–H and O–H groups in total. The van der Waals surface area contributed by atoms with Crippen molar-refractivity contribution in [3.05, 3.63) is 42.1 Å². The summed E-state index contributed by atoms with van der Waals surface area (Å²) in [5.41, 5.74) is 4.14. The van der Waals surface area contributed by atoms with Crippen molar-refractivity contribution in [1.29, 1.82) is 0 Å². The van der Waals surface area contributed by atoms with Crippen LogP contribution in [0.3, 0.4) is 0 Å². The van der Waals surface area contributed by atoms with Crippen LogP contribution in [0.15, 0.2) is 30.9 Å². The maximum absolute atomic E-state index is 13.0. The van der Waals surface area contributed by atoms with Crippen LogP contribution in [0, 0.1) is 11.8 Å². The molecule has 0 aromatic carbocycles. The molecule has 3 heterocycles. The van der Waals surface area contributed by atoms with Crippen LogP contribution in [0.25, 0.3) is 11.3 Å². The fourth-order valence-corrected chi connectivity index (χ4v) is 4.05. The highest BCUT2D eigenvalue weighted by Gasteiger charge is 2.31. The van der Waals surface area contributed by atoms with Crippen molar-refractivity contribution < 1.29 is 4.79 Å². The van der Waals surface area contributed by atoms with E-state index in [1.807, 2.05) is 17.0 Å². The lowest BCUT2D eigenvalue weighted by Gasteiger charge is -2.34. The zero-order valence-electron chi connectivity index (χ0n) is 14.7. The number of pyridine rings is 1. The summed E-state index contributed by atoms with van der Waals surface area (Å²) in [6.07, 6.45) is 10.4. The molecule has 1 aliphatic heterocycles. The van der Waals surface area contributed by atoms with E-state index in [4.69, 9.17) is 0 Å². The molecule has 4 rings (SSSR count). The monoisotopic (exact) mass is 336 g/mol. The summed E-state index contributed by atoms with van der Waals surface area (Å²) in [5, 5.41) is 0. The number of carbonyl (C=O) groups is 1. The molecule has 0 atom stereocenters. The van der Waals surface area contributed by atoms with E-state index < -0.39 is 0 Å². The van der Waals surface area contributed by atoms with Gasteiger partial charge in [0.15, 0.2) is 0 Å². The highest BCUT2D eigenvalue weighted by Crippen LogP contribution is 2.32. The van der Waals surface area contributed by atoms with Gasteiger partial charge in [-0.1, -0.05) is 6.92 Å². The molecule has 1 saturated carbocycles. The molecule has 0 bridgehead atoms. The second-order valence-electron chi connectivity index (χ2n) is 7.35. The summed E-state index contributed by atoms with van der Waals surface area (Å²) in [7, 11) is 0. The van der Waals surface area contributed by atoms with Crippen molar-refractivity contribution >= 4 is 5.91 Å². The van der Waals surface area contributed by atoms with Gasteiger partial charge in [-0.3, -0.25) is 9.78 Å². The largest absolute Gasteiger partial charge is 0.338 e. The average molecular weight is 336 g/mol. The lowest BCUT2D eigenvalue weighted by molar-refractivity contribution is -0.137. The SMILES string of the molecule is CC1CCC(C(=O)N2CCc3ncnc(-c4ccncc4)c3C2)CC1. The van der Waals surface area contributed by atoms with Gasteiger partial charge >= 0.3 is 0 Å². The fraction of sp³-hybridized carbons (Fsp3) is 0.500. The minimum atomic E-state index is 0.201. The van der Waals surface area contributed by atoms with Gasteiger partial charge in [0.2, 0.25) is 5.91 Å².